The van der Waals surface area contributed by atoms with Crippen LogP contribution in [0.15, 0.2) is 51.3 Å². The van der Waals surface area contributed by atoms with Gasteiger partial charge in [0.2, 0.25) is 0 Å². The number of hydrogen-bond acceptors (Lipinski definition) is 3. The first-order valence-corrected chi connectivity index (χ1v) is 9.47. The van der Waals surface area contributed by atoms with Crippen LogP contribution in [0, 0.1) is 5.41 Å². The predicted octanol–water partition coefficient (Wildman–Crippen LogP) is 6.02. The topological polar surface area (TPSA) is 53.0 Å². The molecular formula is C18H14BrF3N2OS. The minimum absolute atomic E-state index is 0.271. The van der Waals surface area contributed by atoms with Crippen LogP contribution in [0.3, 0.4) is 0 Å². The first kappa shape index (κ1) is 18.8. The molecule has 136 valence electrons. The third-order valence-corrected chi connectivity index (χ3v) is 5.48. The summed E-state index contributed by atoms with van der Waals surface area (Å²) < 4.78 is 40.0. The van der Waals surface area contributed by atoms with Crippen molar-refractivity contribution in [3.63, 3.8) is 0 Å². The lowest BCUT2D eigenvalue weighted by atomic mass is 10.0. The lowest BCUT2D eigenvalue weighted by Crippen LogP contribution is -2.19. The highest BCUT2D eigenvalue weighted by atomic mass is 79.9. The fraction of sp³-hybridized carbons (Fsp3) is 0.222. The van der Waals surface area contributed by atoms with Crippen molar-refractivity contribution in [2.24, 2.45) is 0 Å². The first-order chi connectivity index (χ1) is 12.3. The number of carbonyl (C=O) groups is 1. The Balaban J connectivity index is 1.92. The van der Waals surface area contributed by atoms with Crippen molar-refractivity contribution >= 4 is 44.6 Å². The molecule has 3 rings (SSSR count). The van der Waals surface area contributed by atoms with Crippen molar-refractivity contribution in [1.29, 1.82) is 5.41 Å². The van der Waals surface area contributed by atoms with E-state index in [1.807, 2.05) is 11.4 Å². The molecule has 3 nitrogen and oxygen atoms in total. The van der Waals surface area contributed by atoms with E-state index >= 15 is 0 Å². The molecule has 2 N–H and O–H groups in total. The van der Waals surface area contributed by atoms with Crippen LogP contribution >= 0.6 is 27.3 Å². The summed E-state index contributed by atoms with van der Waals surface area (Å²) >= 11 is 4.53. The lowest BCUT2D eigenvalue weighted by molar-refractivity contribution is -0.137. The van der Waals surface area contributed by atoms with Gasteiger partial charge >= 0.3 is 6.18 Å². The van der Waals surface area contributed by atoms with Crippen LogP contribution in [0.25, 0.3) is 0 Å². The fourth-order valence-corrected chi connectivity index (χ4v) is 3.97. The Hall–Kier alpha value is -1.93. The zero-order valence-electron chi connectivity index (χ0n) is 13.4. The first-order valence-electron chi connectivity index (χ1n) is 7.80. The monoisotopic (exact) mass is 442 g/mol. The predicted molar refractivity (Wildman–Crippen MR) is 99.8 cm³/mol. The molecule has 2 aromatic rings. The summed E-state index contributed by atoms with van der Waals surface area (Å²) in [6.45, 7) is 0. The van der Waals surface area contributed by atoms with Gasteiger partial charge in [-0.05, 0) is 54.5 Å². The van der Waals surface area contributed by atoms with Crippen molar-refractivity contribution in [1.82, 2.24) is 0 Å². The molecule has 8 heteroatoms. The van der Waals surface area contributed by atoms with Crippen LogP contribution in [0.4, 0.5) is 18.9 Å². The molecule has 0 atom stereocenters. The van der Waals surface area contributed by atoms with Crippen molar-refractivity contribution in [2.45, 2.75) is 25.4 Å². The molecule has 1 aromatic carbocycles. The van der Waals surface area contributed by atoms with Crippen LogP contribution < -0.4 is 5.32 Å². The highest BCUT2D eigenvalue weighted by molar-refractivity contribution is 9.10. The second kappa shape index (κ2) is 7.36. The summed E-state index contributed by atoms with van der Waals surface area (Å²) in [5.41, 5.74) is 0.0683. The summed E-state index contributed by atoms with van der Waals surface area (Å²) in [5, 5.41) is 12.5. The van der Waals surface area contributed by atoms with Gasteiger partial charge in [-0.2, -0.15) is 13.2 Å². The van der Waals surface area contributed by atoms with E-state index in [9.17, 15) is 18.0 Å². The molecule has 0 bridgehead atoms. The second-order valence-electron chi connectivity index (χ2n) is 5.80. The summed E-state index contributed by atoms with van der Waals surface area (Å²) in [6, 6.07) is 7.06. The molecule has 0 spiro atoms. The number of nitrogens with one attached hydrogen (secondary N) is 2. The molecule has 26 heavy (non-hydrogen) atoms. The van der Waals surface area contributed by atoms with Gasteiger partial charge in [-0.25, -0.2) is 0 Å². The summed E-state index contributed by atoms with van der Waals surface area (Å²) in [7, 11) is 0. The number of hydrogen-bond donors (Lipinski definition) is 2. The Bertz CT molecular complexity index is 888. The van der Waals surface area contributed by atoms with Gasteiger partial charge in [0.15, 0.2) is 0 Å². The lowest BCUT2D eigenvalue weighted by Gasteiger charge is -2.15. The van der Waals surface area contributed by atoms with E-state index in [-0.39, 0.29) is 11.4 Å². The van der Waals surface area contributed by atoms with Gasteiger partial charge in [-0.1, -0.05) is 22.0 Å². The maximum atomic E-state index is 13.2. The number of anilines is 1. The quantitative estimate of drug-likeness (QED) is 0.559. The normalized spacial score (nSPS) is 14.6. The van der Waals surface area contributed by atoms with E-state index in [4.69, 9.17) is 5.41 Å². The third kappa shape index (κ3) is 3.91. The number of amides is 1. The van der Waals surface area contributed by atoms with Crippen molar-refractivity contribution in [3.05, 3.63) is 61.8 Å². The number of allylic oxidation sites excluding steroid dienone is 1. The second-order valence-corrected chi connectivity index (χ2v) is 7.67. The number of halogens is 4. The van der Waals surface area contributed by atoms with Gasteiger partial charge in [-0.3, -0.25) is 10.2 Å². The van der Waals surface area contributed by atoms with Gasteiger partial charge in [0.1, 0.15) is 0 Å². The Morgan fingerprint density at radius 3 is 2.58 bits per heavy atom. The third-order valence-electron chi connectivity index (χ3n) is 4.10. The van der Waals surface area contributed by atoms with Crippen LogP contribution in [0.1, 0.15) is 29.7 Å². The van der Waals surface area contributed by atoms with E-state index in [0.717, 1.165) is 10.9 Å². The molecule has 0 aliphatic heterocycles. The van der Waals surface area contributed by atoms with E-state index in [0.29, 0.717) is 34.9 Å². The standard InChI is InChI=1S/C18H14BrF3N2OS/c19-10-6-7-13(18(20,21)22)14(9-10)24-17(25)12-4-1-3-11(12)16(23)15-5-2-8-26-15/h2,5-9,23H,1,3-4H2,(H,24,25). The highest BCUT2D eigenvalue weighted by Crippen LogP contribution is 2.37. The molecule has 0 radical (unpaired) electrons. The van der Waals surface area contributed by atoms with Crippen LogP contribution in [-0.2, 0) is 11.0 Å². The maximum absolute atomic E-state index is 13.2. The molecule has 0 fully saturated rings. The van der Waals surface area contributed by atoms with Crippen molar-refractivity contribution in [3.8, 4) is 0 Å². The smallest absolute Gasteiger partial charge is 0.322 e. The van der Waals surface area contributed by atoms with E-state index in [2.05, 4.69) is 21.2 Å². The van der Waals surface area contributed by atoms with Gasteiger partial charge in [0.05, 0.1) is 21.8 Å². The Labute approximate surface area is 160 Å². The SMILES string of the molecule is N=C(C1=C(C(=O)Nc2cc(Br)ccc2C(F)(F)F)CCC1)c1cccs1. The molecule has 0 unspecified atom stereocenters. The average molecular weight is 443 g/mol. The fourth-order valence-electron chi connectivity index (χ4n) is 2.90. The van der Waals surface area contributed by atoms with Crippen LogP contribution in [0.5, 0.6) is 0 Å². The van der Waals surface area contributed by atoms with Gasteiger partial charge < -0.3 is 5.32 Å². The molecule has 1 aliphatic rings. The highest BCUT2D eigenvalue weighted by Gasteiger charge is 2.34. The Morgan fingerprint density at radius 2 is 1.92 bits per heavy atom. The van der Waals surface area contributed by atoms with Crippen LogP contribution in [-0.4, -0.2) is 11.6 Å². The number of alkyl halides is 3. The summed E-state index contributed by atoms with van der Waals surface area (Å²) in [5.74, 6) is -0.581. The Morgan fingerprint density at radius 1 is 1.19 bits per heavy atom. The molecule has 0 saturated heterocycles. The number of carbonyl (C=O) groups excluding carboxylic acids is 1. The molecular weight excluding hydrogens is 429 g/mol. The number of benzene rings is 1. The van der Waals surface area contributed by atoms with E-state index in [1.165, 1.54) is 23.5 Å². The maximum Gasteiger partial charge on any atom is 0.418 e. The summed E-state index contributed by atoms with van der Waals surface area (Å²) in [4.78, 5) is 13.4. The zero-order chi connectivity index (χ0) is 18.9. The van der Waals surface area contributed by atoms with Crippen molar-refractivity contribution in [2.75, 3.05) is 5.32 Å². The van der Waals surface area contributed by atoms with Crippen molar-refractivity contribution < 1.29 is 18.0 Å². The minimum Gasteiger partial charge on any atom is -0.322 e. The van der Waals surface area contributed by atoms with E-state index in [1.54, 1.807) is 6.07 Å². The average Bonchev–Trinajstić information content (AvgIpc) is 3.25. The molecule has 1 aliphatic carbocycles. The summed E-state index contributed by atoms with van der Waals surface area (Å²) in [6.07, 6.45) is -2.84. The largest absolute Gasteiger partial charge is 0.418 e. The van der Waals surface area contributed by atoms with E-state index < -0.39 is 17.6 Å². The van der Waals surface area contributed by atoms with Gasteiger partial charge in [0.25, 0.3) is 5.91 Å². The molecule has 0 saturated carbocycles. The molecule has 1 heterocycles. The van der Waals surface area contributed by atoms with Gasteiger partial charge in [0, 0.05) is 10.0 Å². The van der Waals surface area contributed by atoms with Gasteiger partial charge in [-0.15, -0.1) is 11.3 Å². The Kier molecular flexibility index (Phi) is 5.34. The minimum atomic E-state index is -4.57. The number of thiophene rings is 1. The zero-order valence-corrected chi connectivity index (χ0v) is 15.8. The van der Waals surface area contributed by atoms with Crippen LogP contribution in [0.2, 0.25) is 0 Å². The number of rotatable bonds is 4. The molecule has 1 aromatic heterocycles. The molecule has 1 amide bonds.